The predicted octanol–water partition coefficient (Wildman–Crippen LogP) is 6.78. The van der Waals surface area contributed by atoms with Gasteiger partial charge < -0.3 is 24.4 Å². The quantitative estimate of drug-likeness (QED) is 0.148. The molecule has 222 valence electrons. The third-order valence-electron chi connectivity index (χ3n) is 7.34. The maximum absolute atomic E-state index is 14.1. The average Bonchev–Trinajstić information content (AvgIpc) is 3.60. The molecule has 2 aromatic heterocycles. The molecule has 0 aliphatic carbocycles. The summed E-state index contributed by atoms with van der Waals surface area (Å²) in [5.74, 6) is -0.741. The molecule has 2 heterocycles. The van der Waals surface area contributed by atoms with Crippen LogP contribution in [0.1, 0.15) is 44.7 Å². The van der Waals surface area contributed by atoms with Crippen LogP contribution in [0.2, 0.25) is 0 Å². The molecule has 0 amide bonds. The van der Waals surface area contributed by atoms with Gasteiger partial charge >= 0.3 is 5.97 Å². The van der Waals surface area contributed by atoms with Crippen molar-refractivity contribution in [1.29, 1.82) is 0 Å². The Hall–Kier alpha value is -4.60. The highest BCUT2D eigenvalue weighted by molar-refractivity contribution is 5.94. The zero-order chi connectivity index (χ0) is 30.5. The first-order chi connectivity index (χ1) is 20.7. The number of carboxylic acids is 1. The van der Waals surface area contributed by atoms with Crippen molar-refractivity contribution in [2.45, 2.75) is 57.8 Å². The van der Waals surface area contributed by atoms with Gasteiger partial charge in [-0.1, -0.05) is 79.7 Å². The van der Waals surface area contributed by atoms with Crippen molar-refractivity contribution in [2.24, 2.45) is 0 Å². The average molecular weight is 584 g/mol. The fraction of sp³-hybridized carbons (Fsp3) is 0.265. The molecule has 5 rings (SSSR count). The molecule has 0 aliphatic rings. The number of aliphatic hydroxyl groups is 2. The topological polar surface area (TPSA) is 122 Å². The number of carbonyl (C=O) groups is 1. The van der Waals surface area contributed by atoms with E-state index in [1.807, 2.05) is 60.7 Å². The van der Waals surface area contributed by atoms with E-state index in [4.69, 9.17) is 14.6 Å². The van der Waals surface area contributed by atoms with Crippen LogP contribution in [-0.2, 0) is 11.3 Å². The standard InChI is InChI=1S/C34H34FN3O5/c1-21(2)31-30(34-36-33(37-43-34)24-11-7-4-8-12-24)29(22-9-5-3-6-10-22)32(23-13-15-25(35)16-14-23)38(31)18-17-26(39)19-27(40)20-28(41)42/h3-16,21,26-27,39-40H,17-20H2,1-2H3,(H,41,42)/t26-,27-/m1/s1. The van der Waals surface area contributed by atoms with E-state index >= 15 is 0 Å². The van der Waals surface area contributed by atoms with Gasteiger partial charge in [-0.05, 0) is 54.2 Å². The van der Waals surface area contributed by atoms with Gasteiger partial charge in [0, 0.05) is 23.4 Å². The molecule has 8 nitrogen and oxygen atoms in total. The number of halogens is 1. The van der Waals surface area contributed by atoms with Crippen molar-refractivity contribution < 1.29 is 29.0 Å². The van der Waals surface area contributed by atoms with Crippen molar-refractivity contribution >= 4 is 5.97 Å². The van der Waals surface area contributed by atoms with Crippen LogP contribution in [-0.4, -0.2) is 48.2 Å². The van der Waals surface area contributed by atoms with Gasteiger partial charge in [0.05, 0.1) is 29.9 Å². The van der Waals surface area contributed by atoms with Crippen molar-refractivity contribution in [3.8, 4) is 45.2 Å². The van der Waals surface area contributed by atoms with Gasteiger partial charge in [-0.3, -0.25) is 4.79 Å². The molecule has 3 aromatic carbocycles. The third kappa shape index (κ3) is 6.74. The lowest BCUT2D eigenvalue weighted by Gasteiger charge is -2.20. The fourth-order valence-electron chi connectivity index (χ4n) is 5.50. The molecule has 0 unspecified atom stereocenters. The van der Waals surface area contributed by atoms with Crippen molar-refractivity contribution in [1.82, 2.24) is 14.7 Å². The van der Waals surface area contributed by atoms with Gasteiger partial charge in [-0.15, -0.1) is 0 Å². The predicted molar refractivity (Wildman–Crippen MR) is 162 cm³/mol. The Morgan fingerprint density at radius 2 is 1.49 bits per heavy atom. The Kier molecular flexibility index (Phi) is 9.13. The van der Waals surface area contributed by atoms with Crippen molar-refractivity contribution in [3.05, 3.63) is 96.4 Å². The summed E-state index contributed by atoms with van der Waals surface area (Å²) in [4.78, 5) is 15.8. The summed E-state index contributed by atoms with van der Waals surface area (Å²) in [5, 5.41) is 34.2. The minimum absolute atomic E-state index is 0.0338. The second-order valence-corrected chi connectivity index (χ2v) is 10.9. The maximum Gasteiger partial charge on any atom is 0.305 e. The number of aliphatic hydroxyl groups excluding tert-OH is 2. The number of aromatic nitrogens is 3. The van der Waals surface area contributed by atoms with Gasteiger partial charge in [0.1, 0.15) is 5.82 Å². The Labute approximate surface area is 249 Å². The van der Waals surface area contributed by atoms with E-state index in [9.17, 15) is 19.4 Å². The fourth-order valence-corrected chi connectivity index (χ4v) is 5.50. The number of nitrogens with zero attached hydrogens (tertiary/aromatic N) is 3. The summed E-state index contributed by atoms with van der Waals surface area (Å²) in [6, 6.07) is 25.6. The Morgan fingerprint density at radius 1 is 0.860 bits per heavy atom. The second kappa shape index (κ2) is 13.1. The van der Waals surface area contributed by atoms with Crippen LogP contribution >= 0.6 is 0 Å². The lowest BCUT2D eigenvalue weighted by molar-refractivity contribution is -0.139. The second-order valence-electron chi connectivity index (χ2n) is 10.9. The van der Waals surface area contributed by atoms with Crippen LogP contribution in [0.4, 0.5) is 4.39 Å². The van der Waals surface area contributed by atoms with E-state index in [0.29, 0.717) is 18.3 Å². The SMILES string of the molecule is CC(C)c1c(-c2nc(-c3ccccc3)no2)c(-c2ccccc2)c(-c2ccc(F)cc2)n1CC[C@@H](O)C[C@@H](O)CC(=O)O. The van der Waals surface area contributed by atoms with E-state index in [1.165, 1.54) is 12.1 Å². The molecule has 0 saturated heterocycles. The third-order valence-corrected chi connectivity index (χ3v) is 7.34. The van der Waals surface area contributed by atoms with E-state index in [0.717, 1.165) is 39.2 Å². The highest BCUT2D eigenvalue weighted by atomic mass is 19.1. The molecule has 5 aromatic rings. The van der Waals surface area contributed by atoms with Crippen LogP contribution in [0.15, 0.2) is 89.5 Å². The molecule has 0 aliphatic heterocycles. The molecule has 2 atom stereocenters. The van der Waals surface area contributed by atoms with Crippen LogP contribution in [0.5, 0.6) is 0 Å². The molecule has 0 radical (unpaired) electrons. The summed E-state index contributed by atoms with van der Waals surface area (Å²) in [6.45, 7) is 4.45. The molecule has 43 heavy (non-hydrogen) atoms. The zero-order valence-corrected chi connectivity index (χ0v) is 24.0. The molecular formula is C34H34FN3O5. The lowest BCUT2D eigenvalue weighted by atomic mass is 9.95. The maximum atomic E-state index is 14.1. The van der Waals surface area contributed by atoms with E-state index in [2.05, 4.69) is 23.6 Å². The van der Waals surface area contributed by atoms with E-state index in [-0.39, 0.29) is 24.6 Å². The molecular weight excluding hydrogens is 549 g/mol. The van der Waals surface area contributed by atoms with Gasteiger partial charge in [-0.25, -0.2) is 4.39 Å². The number of hydrogen-bond acceptors (Lipinski definition) is 6. The number of benzene rings is 3. The Bertz CT molecular complexity index is 1660. The molecule has 0 fully saturated rings. The normalized spacial score (nSPS) is 12.9. The minimum Gasteiger partial charge on any atom is -0.481 e. The largest absolute Gasteiger partial charge is 0.481 e. The molecule has 0 bridgehead atoms. The molecule has 3 N–H and O–H groups in total. The van der Waals surface area contributed by atoms with Gasteiger partial charge in [0.2, 0.25) is 5.82 Å². The minimum atomic E-state index is -1.16. The Morgan fingerprint density at radius 3 is 2.09 bits per heavy atom. The first-order valence-electron chi connectivity index (χ1n) is 14.3. The zero-order valence-electron chi connectivity index (χ0n) is 24.0. The van der Waals surface area contributed by atoms with Crippen LogP contribution in [0, 0.1) is 5.82 Å². The van der Waals surface area contributed by atoms with Crippen molar-refractivity contribution in [3.63, 3.8) is 0 Å². The van der Waals surface area contributed by atoms with E-state index in [1.54, 1.807) is 12.1 Å². The Balaban J connectivity index is 1.70. The number of hydrogen-bond donors (Lipinski definition) is 3. The highest BCUT2D eigenvalue weighted by Gasteiger charge is 2.31. The summed E-state index contributed by atoms with van der Waals surface area (Å²) in [7, 11) is 0. The van der Waals surface area contributed by atoms with Crippen LogP contribution in [0.25, 0.3) is 45.2 Å². The first kappa shape index (κ1) is 29.9. The van der Waals surface area contributed by atoms with Crippen LogP contribution in [0.3, 0.4) is 0 Å². The lowest BCUT2D eigenvalue weighted by Crippen LogP contribution is -2.22. The summed E-state index contributed by atoms with van der Waals surface area (Å²) >= 11 is 0. The van der Waals surface area contributed by atoms with Crippen molar-refractivity contribution in [2.75, 3.05) is 0 Å². The van der Waals surface area contributed by atoms with Gasteiger partial charge in [0.25, 0.3) is 5.89 Å². The summed E-state index contributed by atoms with van der Waals surface area (Å²) in [5.41, 5.74) is 5.73. The summed E-state index contributed by atoms with van der Waals surface area (Å²) in [6.07, 6.45) is -2.38. The smallest absolute Gasteiger partial charge is 0.305 e. The van der Waals surface area contributed by atoms with Crippen LogP contribution < -0.4 is 0 Å². The van der Waals surface area contributed by atoms with Gasteiger partial charge in [-0.2, -0.15) is 4.98 Å². The highest BCUT2D eigenvalue weighted by Crippen LogP contribution is 2.47. The summed E-state index contributed by atoms with van der Waals surface area (Å²) < 4.78 is 22.1. The number of aliphatic carboxylic acids is 1. The first-order valence-corrected chi connectivity index (χ1v) is 14.3. The number of rotatable bonds is 12. The molecule has 0 saturated carbocycles. The van der Waals surface area contributed by atoms with E-state index < -0.39 is 24.6 Å². The monoisotopic (exact) mass is 583 g/mol. The molecule has 0 spiro atoms. The number of carboxylic acid groups (broad SMARTS) is 1. The molecule has 9 heteroatoms. The van der Waals surface area contributed by atoms with Gasteiger partial charge in [0.15, 0.2) is 0 Å².